The van der Waals surface area contributed by atoms with Gasteiger partial charge in [0.15, 0.2) is 0 Å². The van der Waals surface area contributed by atoms with Gasteiger partial charge in [0.25, 0.3) is 0 Å². The Hall–Kier alpha value is -0.810. The predicted molar refractivity (Wildman–Crippen MR) is 72.4 cm³/mol. The van der Waals surface area contributed by atoms with Crippen LogP contribution < -0.4 is 45.9 Å². The number of carboxylic acid groups (broad SMARTS) is 2. The van der Waals surface area contributed by atoms with Crippen molar-refractivity contribution in [3.05, 3.63) is 0 Å². The zero-order valence-electron chi connectivity index (χ0n) is 12.5. The molecule has 0 aromatic heterocycles. The molecule has 0 aliphatic rings. The minimum Gasteiger partial charge on any atom is -1.00 e. The molecule has 0 heterocycles. The number of nitrogens with one attached hydrogen (secondary N) is 2. The van der Waals surface area contributed by atoms with Gasteiger partial charge in [0, 0.05) is 12.2 Å². The van der Waals surface area contributed by atoms with Crippen LogP contribution in [-0.2, 0) is 19.2 Å². The average molecular weight is 331 g/mol. The van der Waals surface area contributed by atoms with E-state index in [-0.39, 0.29) is 49.6 Å². The van der Waals surface area contributed by atoms with Crippen molar-refractivity contribution in [2.45, 2.75) is 24.9 Å². The molecule has 0 unspecified atom stereocenters. The molecule has 21 heavy (non-hydrogen) atoms. The van der Waals surface area contributed by atoms with Crippen LogP contribution in [0.15, 0.2) is 0 Å². The van der Waals surface area contributed by atoms with Crippen LogP contribution in [0.1, 0.15) is 14.3 Å². The summed E-state index contributed by atoms with van der Waals surface area (Å²) in [5.74, 6) is -3.70. The summed E-state index contributed by atoms with van der Waals surface area (Å²) in [6.45, 7) is -0.567. The molecule has 0 aliphatic carbocycles. The third kappa shape index (κ3) is 10.5. The number of rotatable bonds is 9. The number of carbonyl (C=O) groups excluding carboxylic acids is 2. The summed E-state index contributed by atoms with van der Waals surface area (Å²) in [5.41, 5.74) is 5.23. The number of aliphatic carboxylic acids is 2. The number of carbonyl (C=O) groups is 4. The average Bonchev–Trinajstić information content (AvgIpc) is 2.38. The van der Waals surface area contributed by atoms with Gasteiger partial charge < -0.3 is 28.0 Å². The maximum atomic E-state index is 11.5. The van der Waals surface area contributed by atoms with Crippen molar-refractivity contribution < 1.29 is 60.4 Å². The van der Waals surface area contributed by atoms with Crippen LogP contribution in [0.4, 0.5) is 0 Å². The molecule has 116 valence electrons. The second-order valence-electron chi connectivity index (χ2n) is 3.90. The quantitative estimate of drug-likeness (QED) is 0.182. The Kier molecular flexibility index (Phi) is 12.6. The van der Waals surface area contributed by atoms with Crippen LogP contribution in [-0.4, -0.2) is 58.3 Å². The first-order valence-corrected chi connectivity index (χ1v) is 6.29. The molecule has 2 atom stereocenters. The molecule has 0 spiro atoms. The second kappa shape index (κ2) is 11.8. The van der Waals surface area contributed by atoms with Crippen molar-refractivity contribution in [2.24, 2.45) is 5.73 Å². The summed E-state index contributed by atoms with van der Waals surface area (Å²) in [6.07, 6.45) is -0.235. The molecule has 0 aromatic rings. The van der Waals surface area contributed by atoms with Gasteiger partial charge in [0.05, 0.1) is 0 Å². The number of thiol groups is 1. The molecular weight excluding hydrogens is 313 g/mol. The summed E-state index contributed by atoms with van der Waals surface area (Å²) in [4.78, 5) is 43.7. The van der Waals surface area contributed by atoms with Gasteiger partial charge in [-0.2, -0.15) is 12.6 Å². The Labute approximate surface area is 150 Å². The molecule has 0 bridgehead atoms. The molecule has 9 nitrogen and oxygen atoms in total. The van der Waals surface area contributed by atoms with Gasteiger partial charge in [-0.15, -0.1) is 0 Å². The van der Waals surface area contributed by atoms with Crippen molar-refractivity contribution in [1.82, 2.24) is 10.6 Å². The topological polar surface area (TPSA) is 159 Å². The molecule has 0 fully saturated rings. The predicted octanol–water partition coefficient (Wildman–Crippen LogP) is -5.09. The van der Waals surface area contributed by atoms with Crippen molar-refractivity contribution in [1.29, 1.82) is 0 Å². The second-order valence-corrected chi connectivity index (χ2v) is 4.26. The first kappa shape index (κ1) is 22.5. The van der Waals surface area contributed by atoms with Crippen LogP contribution in [0.3, 0.4) is 0 Å². The monoisotopic (exact) mass is 331 g/mol. The number of hydrogen-bond acceptors (Lipinski definition) is 6. The van der Waals surface area contributed by atoms with Crippen LogP contribution >= 0.6 is 12.6 Å². The van der Waals surface area contributed by atoms with Crippen molar-refractivity contribution in [2.75, 3.05) is 12.3 Å². The first-order valence-electron chi connectivity index (χ1n) is 5.66. The van der Waals surface area contributed by atoms with Gasteiger partial charge >= 0.3 is 41.5 Å². The van der Waals surface area contributed by atoms with Gasteiger partial charge in [-0.05, 0) is 6.42 Å². The fraction of sp³-hybridized carbons (Fsp3) is 0.600. The summed E-state index contributed by atoms with van der Waals surface area (Å²) in [7, 11) is 0. The Morgan fingerprint density at radius 2 is 1.81 bits per heavy atom. The standard InChI is InChI=1S/C10H17N3O6S.Na.H/c11-5(10(18)19)1-2-7(14)13-6(4-20)9(17)12-3-8(15)16;;/h5-6,20H,1-4,11H2,(H,12,17)(H,13,14)(H,15,16)(H,18,19);;/q;+1;-1/t5-,6-;;/m1../s1. The molecule has 0 aromatic carbocycles. The van der Waals surface area contributed by atoms with Crippen LogP contribution in [0, 0.1) is 0 Å². The Balaban J connectivity index is -0.00000180. The van der Waals surface area contributed by atoms with Crippen LogP contribution in [0.5, 0.6) is 0 Å². The third-order valence-corrected chi connectivity index (χ3v) is 2.61. The molecule has 0 rings (SSSR count). The number of nitrogens with two attached hydrogens (primary N) is 1. The minimum atomic E-state index is -1.22. The van der Waals surface area contributed by atoms with E-state index in [4.69, 9.17) is 15.9 Å². The Morgan fingerprint density at radius 1 is 1.24 bits per heavy atom. The van der Waals surface area contributed by atoms with Crippen LogP contribution in [0.2, 0.25) is 0 Å². The van der Waals surface area contributed by atoms with E-state index in [9.17, 15) is 19.2 Å². The molecule has 2 amide bonds. The maximum Gasteiger partial charge on any atom is 1.00 e. The molecule has 11 heteroatoms. The van der Waals surface area contributed by atoms with Gasteiger partial charge in [-0.1, -0.05) is 0 Å². The van der Waals surface area contributed by atoms with E-state index in [1.807, 2.05) is 0 Å². The number of amides is 2. The number of carboxylic acids is 2. The largest absolute Gasteiger partial charge is 1.00 e. The van der Waals surface area contributed by atoms with E-state index in [0.717, 1.165) is 0 Å². The van der Waals surface area contributed by atoms with Crippen molar-refractivity contribution in [3.63, 3.8) is 0 Å². The van der Waals surface area contributed by atoms with Gasteiger partial charge in [0.1, 0.15) is 18.6 Å². The van der Waals surface area contributed by atoms with Gasteiger partial charge in [-0.3, -0.25) is 19.2 Å². The summed E-state index contributed by atoms with van der Waals surface area (Å²) in [6, 6.07) is -2.15. The normalized spacial score (nSPS) is 12.5. The van der Waals surface area contributed by atoms with Gasteiger partial charge in [-0.25, -0.2) is 0 Å². The van der Waals surface area contributed by atoms with Crippen molar-refractivity contribution >= 4 is 36.4 Å². The first-order chi connectivity index (χ1) is 9.27. The molecule has 6 N–H and O–H groups in total. The summed E-state index contributed by atoms with van der Waals surface area (Å²) < 4.78 is 0. The zero-order chi connectivity index (χ0) is 15.7. The fourth-order valence-corrected chi connectivity index (χ4v) is 1.41. The Bertz CT molecular complexity index is 401. The van der Waals surface area contributed by atoms with E-state index in [2.05, 4.69) is 23.3 Å². The van der Waals surface area contributed by atoms with E-state index < -0.39 is 42.4 Å². The maximum absolute atomic E-state index is 11.5. The third-order valence-electron chi connectivity index (χ3n) is 2.25. The summed E-state index contributed by atoms with van der Waals surface area (Å²) >= 11 is 3.87. The zero-order valence-corrected chi connectivity index (χ0v) is 14.4. The van der Waals surface area contributed by atoms with Gasteiger partial charge in [0.2, 0.25) is 11.8 Å². The minimum absolute atomic E-state index is 0. The smallest absolute Gasteiger partial charge is 1.00 e. The Morgan fingerprint density at radius 3 is 2.24 bits per heavy atom. The van der Waals surface area contributed by atoms with E-state index in [1.54, 1.807) is 0 Å². The van der Waals surface area contributed by atoms with Crippen molar-refractivity contribution in [3.8, 4) is 0 Å². The summed E-state index contributed by atoms with van der Waals surface area (Å²) in [5, 5.41) is 21.4. The molecule has 0 radical (unpaired) electrons. The van der Waals surface area contributed by atoms with E-state index >= 15 is 0 Å². The molecule has 0 aliphatic heterocycles. The van der Waals surface area contributed by atoms with Crippen LogP contribution in [0.25, 0.3) is 0 Å². The number of hydrogen-bond donors (Lipinski definition) is 6. The molecule has 0 saturated carbocycles. The SMILES string of the molecule is N[C@H](CCC(=O)N[C@H](CS)C(=O)NCC(=O)O)C(=O)O.[H-].[Na+]. The van der Waals surface area contributed by atoms with E-state index in [1.165, 1.54) is 0 Å². The molecule has 0 saturated heterocycles. The molecular formula is C10H18N3NaO6S. The van der Waals surface area contributed by atoms with E-state index in [0.29, 0.717) is 0 Å². The fourth-order valence-electron chi connectivity index (χ4n) is 1.16.